The van der Waals surface area contributed by atoms with E-state index in [2.05, 4.69) is 25.2 Å². The van der Waals surface area contributed by atoms with Gasteiger partial charge in [-0.3, -0.25) is 4.57 Å². The number of phosphoric ester groups is 1. The Morgan fingerprint density at radius 3 is 2.26 bits per heavy atom. The van der Waals surface area contributed by atoms with Gasteiger partial charge in [0.15, 0.2) is 0 Å². The van der Waals surface area contributed by atoms with Gasteiger partial charge in [0.25, 0.3) is 7.82 Å². The van der Waals surface area contributed by atoms with E-state index in [1.54, 1.807) is 6.92 Å². The second-order valence-electron chi connectivity index (χ2n) is 5.92. The van der Waals surface area contributed by atoms with Gasteiger partial charge >= 0.3 is 5.97 Å². The van der Waals surface area contributed by atoms with Gasteiger partial charge in [-0.2, -0.15) is 0 Å². The molecule has 0 aromatic rings. The zero-order chi connectivity index (χ0) is 17.9. The summed E-state index contributed by atoms with van der Waals surface area (Å²) >= 11 is 0. The summed E-state index contributed by atoms with van der Waals surface area (Å²) < 4.78 is 25.5. The summed E-state index contributed by atoms with van der Waals surface area (Å²) in [7, 11) is -0.506. The molecule has 136 valence electrons. The monoisotopic (exact) mass is 353 g/mol. The van der Waals surface area contributed by atoms with Crippen LogP contribution in [0.1, 0.15) is 19.8 Å². The number of esters is 1. The smallest absolute Gasteiger partial charge is 0.333 e. The van der Waals surface area contributed by atoms with Crippen molar-refractivity contribution in [3.63, 3.8) is 0 Å². The van der Waals surface area contributed by atoms with Crippen molar-refractivity contribution in [2.75, 3.05) is 53.6 Å². The zero-order valence-corrected chi connectivity index (χ0v) is 15.0. The Hall–Kier alpha value is -0.760. The van der Waals surface area contributed by atoms with Crippen molar-refractivity contribution >= 4 is 13.8 Å². The van der Waals surface area contributed by atoms with Crippen LogP contribution in [0.5, 0.6) is 0 Å². The van der Waals surface area contributed by atoms with Crippen molar-refractivity contribution in [2.24, 2.45) is 0 Å². The molecule has 1 unspecified atom stereocenters. The van der Waals surface area contributed by atoms with Gasteiger partial charge in [-0.15, -0.1) is 0 Å². The molecule has 9 heteroatoms. The van der Waals surface area contributed by atoms with E-state index in [-0.39, 0.29) is 19.2 Å². The molecule has 0 spiro atoms. The molecule has 0 aliphatic carbocycles. The third-order valence-corrected chi connectivity index (χ3v) is 3.53. The van der Waals surface area contributed by atoms with Crippen LogP contribution in [0.15, 0.2) is 12.2 Å². The number of hydrogen-bond donors (Lipinski definition) is 1. The fourth-order valence-corrected chi connectivity index (χ4v) is 2.11. The van der Waals surface area contributed by atoms with Crippen LogP contribution in [0.3, 0.4) is 0 Å². The molecule has 23 heavy (non-hydrogen) atoms. The molecule has 0 rings (SSSR count). The summed E-state index contributed by atoms with van der Waals surface area (Å²) in [5, 5.41) is 0. The van der Waals surface area contributed by atoms with Gasteiger partial charge in [0.05, 0.1) is 53.6 Å². The number of hydrogen-bond acceptors (Lipinski definition) is 6. The molecule has 0 saturated carbocycles. The maximum absolute atomic E-state index is 11.2. The Morgan fingerprint density at radius 1 is 1.17 bits per heavy atom. The lowest BCUT2D eigenvalue weighted by molar-refractivity contribution is -0.890. The molecular formula is C14H28NO7P. The first-order chi connectivity index (χ1) is 10.5. The molecule has 0 fully saturated rings. The highest BCUT2D eigenvalue weighted by Crippen LogP contribution is 2.29. The summed E-state index contributed by atoms with van der Waals surface area (Å²) in [4.78, 5) is 29.9. The van der Waals surface area contributed by atoms with E-state index >= 15 is 0 Å². The molecule has 0 heterocycles. The predicted molar refractivity (Wildman–Crippen MR) is 83.4 cm³/mol. The topological polar surface area (TPSA) is 105 Å². The molecule has 0 aliphatic rings. The van der Waals surface area contributed by atoms with E-state index in [4.69, 9.17) is 14.4 Å². The van der Waals surface area contributed by atoms with Crippen LogP contribution in [0.2, 0.25) is 0 Å². The van der Waals surface area contributed by atoms with Gasteiger partial charge in [0.2, 0.25) is 0 Å². The molecule has 0 aliphatic heterocycles. The predicted octanol–water partition coefficient (Wildman–Crippen LogP) is 0.456. The first kappa shape index (κ1) is 22.2. The second-order valence-corrected chi connectivity index (χ2v) is 7.12. The SMILES string of the molecule is C=C(C)C(=O)OCCC[N+](C)(C)CCCOCCOP(=O)([O-])O. The number of carbonyl (C=O) groups excluding carboxylic acids is 1. The van der Waals surface area contributed by atoms with Crippen molar-refractivity contribution in [3.05, 3.63) is 12.2 Å². The molecule has 0 saturated heterocycles. The van der Waals surface area contributed by atoms with Gasteiger partial charge in [-0.1, -0.05) is 6.58 Å². The Morgan fingerprint density at radius 2 is 1.74 bits per heavy atom. The Balaban J connectivity index is 3.62. The second kappa shape index (κ2) is 10.9. The number of rotatable bonds is 13. The third-order valence-electron chi connectivity index (χ3n) is 3.02. The van der Waals surface area contributed by atoms with Crippen LogP contribution in [-0.2, 0) is 23.4 Å². The number of carbonyl (C=O) groups is 1. The minimum atomic E-state index is -4.65. The third kappa shape index (κ3) is 14.6. The average molecular weight is 353 g/mol. The Bertz CT molecular complexity index is 419. The molecule has 1 N–H and O–H groups in total. The van der Waals surface area contributed by atoms with E-state index < -0.39 is 7.82 Å². The molecule has 0 aromatic heterocycles. The van der Waals surface area contributed by atoms with E-state index in [9.17, 15) is 14.3 Å². The van der Waals surface area contributed by atoms with Crippen LogP contribution in [-0.4, -0.2) is 69.0 Å². The van der Waals surface area contributed by atoms with E-state index in [0.29, 0.717) is 18.8 Å². The molecule has 0 bridgehead atoms. The Labute approximate surface area is 137 Å². The maximum Gasteiger partial charge on any atom is 0.333 e. The summed E-state index contributed by atoms with van der Waals surface area (Å²) in [6, 6.07) is 0. The number of quaternary nitrogens is 1. The van der Waals surface area contributed by atoms with Gasteiger partial charge in [-0.05, 0) is 6.92 Å². The minimum Gasteiger partial charge on any atom is -0.756 e. The fourth-order valence-electron chi connectivity index (χ4n) is 1.80. The van der Waals surface area contributed by atoms with Crippen LogP contribution >= 0.6 is 7.82 Å². The van der Waals surface area contributed by atoms with E-state index in [1.807, 2.05) is 0 Å². The lowest BCUT2D eigenvalue weighted by Gasteiger charge is -2.29. The first-order valence-electron chi connectivity index (χ1n) is 7.44. The summed E-state index contributed by atoms with van der Waals surface area (Å²) in [6.45, 7) is 7.63. The van der Waals surface area contributed by atoms with Crippen LogP contribution in [0, 0.1) is 0 Å². The quantitative estimate of drug-likeness (QED) is 0.169. The number of ether oxygens (including phenoxy) is 2. The normalized spacial score (nSPS) is 14.3. The minimum absolute atomic E-state index is 0.108. The highest BCUT2D eigenvalue weighted by atomic mass is 31.2. The molecule has 0 amide bonds. The number of phosphoric acid groups is 1. The van der Waals surface area contributed by atoms with Crippen LogP contribution in [0.25, 0.3) is 0 Å². The summed E-state index contributed by atoms with van der Waals surface area (Å²) in [5.41, 5.74) is 0.398. The zero-order valence-electron chi connectivity index (χ0n) is 14.2. The van der Waals surface area contributed by atoms with Gasteiger partial charge in [0.1, 0.15) is 0 Å². The fraction of sp³-hybridized carbons (Fsp3) is 0.786. The first-order valence-corrected chi connectivity index (χ1v) is 8.94. The van der Waals surface area contributed by atoms with Gasteiger partial charge in [0, 0.05) is 18.4 Å². The summed E-state index contributed by atoms with van der Waals surface area (Å²) in [6.07, 6.45) is 1.56. The molecule has 1 atom stereocenters. The molecule has 0 radical (unpaired) electrons. The van der Waals surface area contributed by atoms with Gasteiger partial charge in [-0.25, -0.2) is 4.79 Å². The van der Waals surface area contributed by atoms with E-state index in [0.717, 1.165) is 30.4 Å². The average Bonchev–Trinajstić information content (AvgIpc) is 2.40. The van der Waals surface area contributed by atoms with Gasteiger partial charge < -0.3 is 28.3 Å². The highest BCUT2D eigenvalue weighted by molar-refractivity contribution is 7.44. The van der Waals surface area contributed by atoms with Crippen molar-refractivity contribution in [1.29, 1.82) is 0 Å². The molecule has 8 nitrogen and oxygen atoms in total. The van der Waals surface area contributed by atoms with Crippen molar-refractivity contribution in [3.8, 4) is 0 Å². The standard InChI is InChI=1S/C14H28NO7P/c1-13(2)14(16)21-10-6-8-15(3,4)7-5-9-20-11-12-22-23(17,18)19/h1,5-12H2,2-4H3,(H-,17,18,19). The lowest BCUT2D eigenvalue weighted by atomic mass is 10.3. The maximum atomic E-state index is 11.2. The Kier molecular flexibility index (Phi) is 10.6. The van der Waals surface area contributed by atoms with Crippen molar-refractivity contribution < 1.29 is 37.6 Å². The van der Waals surface area contributed by atoms with Crippen LogP contribution in [0.4, 0.5) is 0 Å². The van der Waals surface area contributed by atoms with Crippen molar-refractivity contribution in [1.82, 2.24) is 0 Å². The highest BCUT2D eigenvalue weighted by Gasteiger charge is 2.14. The summed E-state index contributed by atoms with van der Waals surface area (Å²) in [5.74, 6) is -0.364. The van der Waals surface area contributed by atoms with Crippen LogP contribution < -0.4 is 4.89 Å². The van der Waals surface area contributed by atoms with Crippen molar-refractivity contribution in [2.45, 2.75) is 19.8 Å². The lowest BCUT2D eigenvalue weighted by Crippen LogP contribution is -2.42. The molecular weight excluding hydrogens is 325 g/mol. The number of nitrogens with zero attached hydrogens (tertiary/aromatic N) is 1. The van der Waals surface area contributed by atoms with E-state index in [1.165, 1.54) is 0 Å². The largest absolute Gasteiger partial charge is 0.756 e. The molecule has 0 aromatic carbocycles.